The predicted octanol–water partition coefficient (Wildman–Crippen LogP) is 3.05. The molecule has 0 heterocycles. The van der Waals surface area contributed by atoms with E-state index in [1.807, 2.05) is 30.3 Å². The van der Waals surface area contributed by atoms with Gasteiger partial charge in [-0.05, 0) is 32.3 Å². The van der Waals surface area contributed by atoms with E-state index in [1.54, 1.807) is 13.8 Å². The monoisotopic (exact) mass is 368 g/mol. The van der Waals surface area contributed by atoms with Crippen LogP contribution in [0.25, 0.3) is 0 Å². The van der Waals surface area contributed by atoms with Gasteiger partial charge in [0.05, 0.1) is 6.10 Å². The first kappa shape index (κ1) is 23.2. The Bertz CT molecular complexity index is 534. The number of rotatable bonds is 9. The number of aliphatic carboxylic acids is 1. The van der Waals surface area contributed by atoms with E-state index in [0.717, 1.165) is 18.4 Å². The van der Waals surface area contributed by atoms with Gasteiger partial charge in [0.1, 0.15) is 6.61 Å². The van der Waals surface area contributed by atoms with Crippen LogP contribution in [0.1, 0.15) is 45.1 Å². The van der Waals surface area contributed by atoms with Gasteiger partial charge in [0.2, 0.25) is 0 Å². The van der Waals surface area contributed by atoms with Crippen LogP contribution in [0.5, 0.6) is 0 Å². The number of nitrogens with one attached hydrogen (secondary N) is 1. The van der Waals surface area contributed by atoms with Crippen molar-refractivity contribution in [2.75, 3.05) is 6.54 Å². The Morgan fingerprint density at radius 2 is 1.77 bits per heavy atom. The van der Waals surface area contributed by atoms with E-state index in [0.29, 0.717) is 13.0 Å². The lowest BCUT2D eigenvalue weighted by Gasteiger charge is -2.06. The molecule has 4 N–H and O–H groups in total. The zero-order valence-electron chi connectivity index (χ0n) is 15.3. The summed E-state index contributed by atoms with van der Waals surface area (Å²) in [5.41, 5.74) is 5.58. The number of hydrogen-bond donors (Lipinski definition) is 3. The number of primary amides is 1. The predicted molar refractivity (Wildman–Crippen MR) is 96.5 cm³/mol. The number of carbonyl (C=O) groups is 3. The Morgan fingerprint density at radius 3 is 2.27 bits per heavy atom. The molecule has 1 aromatic rings. The number of hydrogen-bond acceptors (Lipinski definition) is 5. The molecule has 0 bridgehead atoms. The summed E-state index contributed by atoms with van der Waals surface area (Å²) in [6, 6.07) is 9.46. The van der Waals surface area contributed by atoms with Crippen molar-refractivity contribution in [3.8, 4) is 0 Å². The first-order valence-electron chi connectivity index (χ1n) is 8.43. The summed E-state index contributed by atoms with van der Waals surface area (Å²) in [6.07, 6.45) is 1.10. The molecule has 0 aliphatic carbocycles. The number of amides is 2. The zero-order chi connectivity index (χ0) is 19.8. The summed E-state index contributed by atoms with van der Waals surface area (Å²) in [4.78, 5) is 31.4. The summed E-state index contributed by atoms with van der Waals surface area (Å²) in [6.45, 7) is 4.24. The number of carboxylic acid groups (broad SMARTS) is 1. The van der Waals surface area contributed by atoms with Crippen LogP contribution >= 0.6 is 0 Å². The SMILES string of the molecule is CC(C)OC(N)=O.O=C(O)CCCCCNC(=O)OCc1ccccc1. The average molecular weight is 368 g/mol. The highest BCUT2D eigenvalue weighted by Crippen LogP contribution is 2.01. The van der Waals surface area contributed by atoms with Crippen LogP contribution in [-0.2, 0) is 20.9 Å². The second-order valence-corrected chi connectivity index (χ2v) is 5.68. The van der Waals surface area contributed by atoms with Gasteiger partial charge in [-0.1, -0.05) is 36.8 Å². The molecule has 0 aliphatic heterocycles. The van der Waals surface area contributed by atoms with Gasteiger partial charge in [0.25, 0.3) is 0 Å². The van der Waals surface area contributed by atoms with Crippen molar-refractivity contribution in [1.29, 1.82) is 0 Å². The first-order chi connectivity index (χ1) is 12.3. The molecule has 0 aliphatic rings. The van der Waals surface area contributed by atoms with Gasteiger partial charge in [0.15, 0.2) is 0 Å². The van der Waals surface area contributed by atoms with Crippen molar-refractivity contribution in [3.05, 3.63) is 35.9 Å². The van der Waals surface area contributed by atoms with E-state index in [1.165, 1.54) is 0 Å². The fourth-order valence-electron chi connectivity index (χ4n) is 1.77. The third-order valence-corrected chi connectivity index (χ3v) is 2.90. The Kier molecular flexibility index (Phi) is 13.0. The van der Waals surface area contributed by atoms with Gasteiger partial charge < -0.3 is 25.6 Å². The third-order valence-electron chi connectivity index (χ3n) is 2.90. The summed E-state index contributed by atoms with van der Waals surface area (Å²) in [5, 5.41) is 11.1. The molecular formula is C18H28N2O6. The van der Waals surface area contributed by atoms with Crippen LogP contribution in [0.2, 0.25) is 0 Å². The van der Waals surface area contributed by atoms with Crippen LogP contribution in [0.4, 0.5) is 9.59 Å². The van der Waals surface area contributed by atoms with Crippen molar-refractivity contribution in [2.24, 2.45) is 5.73 Å². The molecule has 0 saturated heterocycles. The van der Waals surface area contributed by atoms with Crippen LogP contribution in [-0.4, -0.2) is 35.9 Å². The number of alkyl carbamates (subject to hydrolysis) is 1. The highest BCUT2D eigenvalue weighted by Gasteiger charge is 2.02. The molecule has 0 atom stereocenters. The lowest BCUT2D eigenvalue weighted by Crippen LogP contribution is -2.25. The minimum absolute atomic E-state index is 0.0995. The van der Waals surface area contributed by atoms with Crippen molar-refractivity contribution >= 4 is 18.2 Å². The van der Waals surface area contributed by atoms with Gasteiger partial charge >= 0.3 is 18.2 Å². The number of ether oxygens (including phenoxy) is 2. The summed E-state index contributed by atoms with van der Waals surface area (Å²) in [7, 11) is 0. The number of carboxylic acids is 1. The Hall–Kier alpha value is -2.77. The van der Waals surface area contributed by atoms with E-state index in [4.69, 9.17) is 9.84 Å². The Morgan fingerprint density at radius 1 is 1.12 bits per heavy atom. The quantitative estimate of drug-likeness (QED) is 0.575. The van der Waals surface area contributed by atoms with Gasteiger partial charge in [-0.25, -0.2) is 9.59 Å². The average Bonchev–Trinajstić information content (AvgIpc) is 2.56. The second-order valence-electron chi connectivity index (χ2n) is 5.68. The molecule has 0 saturated carbocycles. The molecule has 0 aromatic heterocycles. The molecule has 1 rings (SSSR count). The first-order valence-corrected chi connectivity index (χ1v) is 8.43. The molecule has 8 nitrogen and oxygen atoms in total. The maximum atomic E-state index is 11.3. The van der Waals surface area contributed by atoms with E-state index >= 15 is 0 Å². The molecule has 0 spiro atoms. The molecular weight excluding hydrogens is 340 g/mol. The molecule has 8 heteroatoms. The van der Waals surface area contributed by atoms with Gasteiger partial charge in [0, 0.05) is 13.0 Å². The molecule has 0 unspecified atom stereocenters. The van der Waals surface area contributed by atoms with E-state index in [-0.39, 0.29) is 19.1 Å². The minimum Gasteiger partial charge on any atom is -0.481 e. The van der Waals surface area contributed by atoms with E-state index in [2.05, 4.69) is 15.8 Å². The standard InChI is InChI=1S/C14H19NO4.C4H9NO2/c16-13(17)9-5-2-6-10-15-14(18)19-11-12-7-3-1-4-8-12;1-3(2)7-4(5)6/h1,3-4,7-8H,2,5-6,9-11H2,(H,15,18)(H,16,17);3H,1-2H3,(H2,5,6). The zero-order valence-corrected chi connectivity index (χ0v) is 15.3. The molecule has 26 heavy (non-hydrogen) atoms. The van der Waals surface area contributed by atoms with Gasteiger partial charge in [-0.15, -0.1) is 0 Å². The van der Waals surface area contributed by atoms with E-state index in [9.17, 15) is 14.4 Å². The fraction of sp³-hybridized carbons (Fsp3) is 0.500. The van der Waals surface area contributed by atoms with Crippen molar-refractivity contribution in [3.63, 3.8) is 0 Å². The van der Waals surface area contributed by atoms with Crippen LogP contribution < -0.4 is 11.1 Å². The number of nitrogens with two attached hydrogens (primary N) is 1. The molecule has 2 amide bonds. The highest BCUT2D eigenvalue weighted by atomic mass is 16.6. The Labute approximate surface area is 153 Å². The van der Waals surface area contributed by atoms with Crippen molar-refractivity contribution < 1.29 is 29.0 Å². The Balaban J connectivity index is 0.000000758. The highest BCUT2D eigenvalue weighted by molar-refractivity contribution is 5.67. The maximum absolute atomic E-state index is 11.3. The summed E-state index contributed by atoms with van der Waals surface area (Å²) in [5.74, 6) is -0.782. The summed E-state index contributed by atoms with van der Waals surface area (Å²) >= 11 is 0. The second kappa shape index (κ2) is 14.6. The van der Waals surface area contributed by atoms with Gasteiger partial charge in [-0.3, -0.25) is 4.79 Å². The third kappa shape index (κ3) is 16.1. The maximum Gasteiger partial charge on any atom is 0.407 e. The number of unbranched alkanes of at least 4 members (excludes halogenated alkanes) is 2. The summed E-state index contributed by atoms with van der Waals surface area (Å²) < 4.78 is 9.42. The van der Waals surface area contributed by atoms with Crippen LogP contribution in [0.3, 0.4) is 0 Å². The van der Waals surface area contributed by atoms with Gasteiger partial charge in [-0.2, -0.15) is 0 Å². The topological polar surface area (TPSA) is 128 Å². The normalized spacial score (nSPS) is 9.65. The number of carbonyl (C=O) groups excluding carboxylic acids is 2. The van der Waals surface area contributed by atoms with Crippen molar-refractivity contribution in [1.82, 2.24) is 5.32 Å². The van der Waals surface area contributed by atoms with E-state index < -0.39 is 18.2 Å². The largest absolute Gasteiger partial charge is 0.481 e. The molecule has 0 radical (unpaired) electrons. The molecule has 146 valence electrons. The van der Waals surface area contributed by atoms with Crippen LogP contribution in [0, 0.1) is 0 Å². The van der Waals surface area contributed by atoms with Crippen molar-refractivity contribution in [2.45, 2.75) is 52.2 Å². The van der Waals surface area contributed by atoms with Crippen LogP contribution in [0.15, 0.2) is 30.3 Å². The minimum atomic E-state index is -0.782. The lowest BCUT2D eigenvalue weighted by molar-refractivity contribution is -0.137. The smallest absolute Gasteiger partial charge is 0.407 e. The molecule has 1 aromatic carbocycles. The fourth-order valence-corrected chi connectivity index (χ4v) is 1.77. The molecule has 0 fully saturated rings. The number of benzene rings is 1. The lowest BCUT2D eigenvalue weighted by atomic mass is 10.2.